The molecule has 0 fully saturated rings. The molecule has 0 saturated heterocycles. The average molecular weight is 329 g/mol. The number of nitrogens with one attached hydrogen (secondary N) is 2. The number of rotatable bonds is 3. The van der Waals surface area contributed by atoms with Crippen molar-refractivity contribution in [2.24, 2.45) is 0 Å². The van der Waals surface area contributed by atoms with Crippen LogP contribution in [-0.2, 0) is 0 Å². The van der Waals surface area contributed by atoms with Gasteiger partial charge in [-0.05, 0) is 25.2 Å². The van der Waals surface area contributed by atoms with Gasteiger partial charge >= 0.3 is 0 Å². The van der Waals surface area contributed by atoms with E-state index in [4.69, 9.17) is 28.9 Å². The molecule has 106 valence electrons. The van der Waals surface area contributed by atoms with Crippen molar-refractivity contribution in [1.29, 1.82) is 0 Å². The molecule has 2 rings (SSSR count). The van der Waals surface area contributed by atoms with Gasteiger partial charge in [-0.2, -0.15) is 0 Å². The summed E-state index contributed by atoms with van der Waals surface area (Å²) in [5.74, 6) is -0.348. The van der Waals surface area contributed by atoms with E-state index in [1.807, 2.05) is 24.3 Å². The Morgan fingerprint density at radius 1 is 1.50 bits per heavy atom. The molecule has 0 spiro atoms. The maximum Gasteiger partial charge on any atom is 0.269 e. The molecule has 1 atom stereocenters. The second-order valence-corrected chi connectivity index (χ2v) is 6.09. The van der Waals surface area contributed by atoms with Gasteiger partial charge in [0.15, 0.2) is 5.11 Å². The molecule has 1 unspecified atom stereocenters. The third kappa shape index (κ3) is 3.46. The van der Waals surface area contributed by atoms with E-state index in [-0.39, 0.29) is 17.6 Å². The van der Waals surface area contributed by atoms with Gasteiger partial charge < -0.3 is 10.4 Å². The summed E-state index contributed by atoms with van der Waals surface area (Å²) in [7, 11) is 0. The number of benzene rings is 1. The van der Waals surface area contributed by atoms with Crippen LogP contribution >= 0.6 is 35.2 Å². The molecular weight excluding hydrogens is 316 g/mol. The SMILES string of the molecule is CC(O)CNC(=S)NC(=O)c1sc2ccccc2c1Cl. The topological polar surface area (TPSA) is 61.4 Å². The third-order valence-corrected chi connectivity index (χ3v) is 4.45. The third-order valence-electron chi connectivity index (χ3n) is 2.53. The van der Waals surface area contributed by atoms with Gasteiger partial charge in [-0.15, -0.1) is 11.3 Å². The number of thiocarbonyl (C=S) groups is 1. The maximum atomic E-state index is 12.1. The van der Waals surface area contributed by atoms with Crippen LogP contribution in [0.5, 0.6) is 0 Å². The highest BCUT2D eigenvalue weighted by Gasteiger charge is 2.17. The Morgan fingerprint density at radius 3 is 2.85 bits per heavy atom. The molecule has 2 aromatic rings. The van der Waals surface area contributed by atoms with Crippen LogP contribution in [0.2, 0.25) is 5.02 Å². The summed E-state index contributed by atoms with van der Waals surface area (Å²) in [5, 5.41) is 15.9. The first kappa shape index (κ1) is 15.2. The fourth-order valence-corrected chi connectivity index (χ4v) is 3.19. The van der Waals surface area contributed by atoms with E-state index >= 15 is 0 Å². The Bertz CT molecular complexity index is 655. The standard InChI is InChI=1S/C13H13ClN2O2S2/c1-7(17)6-15-13(19)16-12(18)11-10(14)8-4-2-3-5-9(8)20-11/h2-5,7,17H,6H2,1H3,(H2,15,16,18,19). The van der Waals surface area contributed by atoms with Crippen molar-refractivity contribution in [2.75, 3.05) is 6.54 Å². The summed E-state index contributed by atoms with van der Waals surface area (Å²) in [6.07, 6.45) is -0.544. The van der Waals surface area contributed by atoms with Crippen molar-refractivity contribution in [1.82, 2.24) is 10.6 Å². The Kier molecular flexibility index (Phi) is 4.93. The lowest BCUT2D eigenvalue weighted by atomic mass is 10.2. The molecule has 1 amide bonds. The highest BCUT2D eigenvalue weighted by molar-refractivity contribution is 7.80. The van der Waals surface area contributed by atoms with Crippen molar-refractivity contribution in [2.45, 2.75) is 13.0 Å². The maximum absolute atomic E-state index is 12.1. The molecule has 3 N–H and O–H groups in total. The van der Waals surface area contributed by atoms with Gasteiger partial charge in [-0.3, -0.25) is 10.1 Å². The van der Waals surface area contributed by atoms with Crippen molar-refractivity contribution in [3.05, 3.63) is 34.2 Å². The van der Waals surface area contributed by atoms with Crippen LogP contribution in [0.25, 0.3) is 10.1 Å². The molecule has 1 heterocycles. The number of aliphatic hydroxyl groups excluding tert-OH is 1. The molecule has 4 nitrogen and oxygen atoms in total. The lowest BCUT2D eigenvalue weighted by Gasteiger charge is -2.10. The van der Waals surface area contributed by atoms with Crippen LogP contribution in [0.3, 0.4) is 0 Å². The molecule has 0 radical (unpaired) electrons. The normalized spacial score (nSPS) is 12.2. The lowest BCUT2D eigenvalue weighted by molar-refractivity contribution is 0.0980. The first-order valence-electron chi connectivity index (χ1n) is 5.93. The van der Waals surface area contributed by atoms with Crippen molar-refractivity contribution < 1.29 is 9.90 Å². The summed E-state index contributed by atoms with van der Waals surface area (Å²) in [4.78, 5) is 12.5. The largest absolute Gasteiger partial charge is 0.392 e. The number of halogens is 1. The molecule has 7 heteroatoms. The van der Waals surface area contributed by atoms with Crippen LogP contribution in [0, 0.1) is 0 Å². The molecule has 0 aliphatic rings. The van der Waals surface area contributed by atoms with Crippen LogP contribution in [0.1, 0.15) is 16.6 Å². The summed E-state index contributed by atoms with van der Waals surface area (Å²) in [6, 6.07) is 7.55. The van der Waals surface area contributed by atoms with Gasteiger partial charge in [0.25, 0.3) is 5.91 Å². The zero-order chi connectivity index (χ0) is 14.7. The second-order valence-electron chi connectivity index (χ2n) is 4.25. The van der Waals surface area contributed by atoms with Gasteiger partial charge in [0.05, 0.1) is 11.1 Å². The van der Waals surface area contributed by atoms with Gasteiger partial charge in [-0.1, -0.05) is 29.8 Å². The van der Waals surface area contributed by atoms with E-state index in [2.05, 4.69) is 10.6 Å². The van der Waals surface area contributed by atoms with Crippen molar-refractivity contribution in [3.63, 3.8) is 0 Å². The first-order valence-corrected chi connectivity index (χ1v) is 7.53. The molecule has 1 aromatic heterocycles. The fraction of sp³-hybridized carbons (Fsp3) is 0.231. The molecule has 0 aliphatic heterocycles. The predicted octanol–water partition coefficient (Wildman–Crippen LogP) is 2.54. The minimum atomic E-state index is -0.544. The Morgan fingerprint density at radius 2 is 2.20 bits per heavy atom. The number of carbonyl (C=O) groups excluding carboxylic acids is 1. The van der Waals surface area contributed by atoms with E-state index in [1.54, 1.807) is 6.92 Å². The number of thiophene rings is 1. The van der Waals surface area contributed by atoms with Gasteiger partial charge in [0.2, 0.25) is 0 Å². The quantitative estimate of drug-likeness (QED) is 0.758. The van der Waals surface area contributed by atoms with Gasteiger partial charge in [0.1, 0.15) is 4.88 Å². The predicted molar refractivity (Wildman–Crippen MR) is 86.6 cm³/mol. The molecule has 0 saturated carbocycles. The number of amides is 1. The first-order chi connectivity index (χ1) is 9.49. The van der Waals surface area contributed by atoms with E-state index in [0.717, 1.165) is 10.1 Å². The summed E-state index contributed by atoms with van der Waals surface area (Å²) in [6.45, 7) is 1.90. The van der Waals surface area contributed by atoms with Crippen LogP contribution in [0.15, 0.2) is 24.3 Å². The molecule has 0 bridgehead atoms. The molecule has 0 aliphatic carbocycles. The minimum absolute atomic E-state index is 0.171. The van der Waals surface area contributed by atoms with Gasteiger partial charge in [0, 0.05) is 16.6 Å². The molecule has 1 aromatic carbocycles. The minimum Gasteiger partial charge on any atom is -0.392 e. The zero-order valence-corrected chi connectivity index (χ0v) is 13.0. The number of hydrogen-bond acceptors (Lipinski definition) is 4. The van der Waals surface area contributed by atoms with E-state index in [1.165, 1.54) is 11.3 Å². The Labute approximate surface area is 130 Å². The van der Waals surface area contributed by atoms with Crippen LogP contribution < -0.4 is 10.6 Å². The number of aliphatic hydroxyl groups is 1. The van der Waals surface area contributed by atoms with Gasteiger partial charge in [-0.25, -0.2) is 0 Å². The highest BCUT2D eigenvalue weighted by atomic mass is 35.5. The van der Waals surface area contributed by atoms with E-state index < -0.39 is 6.10 Å². The fourth-order valence-electron chi connectivity index (χ4n) is 1.60. The monoisotopic (exact) mass is 328 g/mol. The summed E-state index contributed by atoms with van der Waals surface area (Å²) in [5.41, 5.74) is 0. The summed E-state index contributed by atoms with van der Waals surface area (Å²) < 4.78 is 0.950. The Balaban J connectivity index is 2.11. The van der Waals surface area contributed by atoms with Crippen molar-refractivity contribution >= 4 is 56.3 Å². The van der Waals surface area contributed by atoms with E-state index in [9.17, 15) is 4.79 Å². The Hall–Kier alpha value is -1.21. The van der Waals surface area contributed by atoms with Crippen LogP contribution in [0.4, 0.5) is 0 Å². The van der Waals surface area contributed by atoms with E-state index in [0.29, 0.717) is 9.90 Å². The highest BCUT2D eigenvalue weighted by Crippen LogP contribution is 2.34. The average Bonchev–Trinajstić information content (AvgIpc) is 2.74. The second kappa shape index (κ2) is 6.49. The van der Waals surface area contributed by atoms with Crippen LogP contribution in [-0.4, -0.2) is 28.8 Å². The van der Waals surface area contributed by atoms with Crippen molar-refractivity contribution in [3.8, 4) is 0 Å². The smallest absolute Gasteiger partial charge is 0.269 e. The number of carbonyl (C=O) groups is 1. The lowest BCUT2D eigenvalue weighted by Crippen LogP contribution is -2.41. The summed E-state index contributed by atoms with van der Waals surface area (Å²) >= 11 is 12.5. The molecule has 20 heavy (non-hydrogen) atoms. The zero-order valence-electron chi connectivity index (χ0n) is 10.6. The number of hydrogen-bond donors (Lipinski definition) is 3. The number of fused-ring (bicyclic) bond motifs is 1. The molecular formula is C13H13ClN2O2S2.